The van der Waals surface area contributed by atoms with Crippen LogP contribution in [-0.4, -0.2) is 24.6 Å². The molecule has 1 aromatic rings. The highest BCUT2D eigenvalue weighted by Crippen LogP contribution is 2.31. The molecule has 0 aliphatic heterocycles. The Morgan fingerprint density at radius 2 is 1.89 bits per heavy atom. The fraction of sp³-hybridized carbons (Fsp3) is 0.364. The van der Waals surface area contributed by atoms with Gasteiger partial charge in [-0.15, -0.1) is 0 Å². The van der Waals surface area contributed by atoms with Gasteiger partial charge < -0.3 is 10.5 Å². The maximum atomic E-state index is 13.3. The van der Waals surface area contributed by atoms with Crippen molar-refractivity contribution in [3.05, 3.63) is 29.6 Å². The Morgan fingerprint density at radius 1 is 1.33 bits per heavy atom. The Hall–Kier alpha value is -1.63. The van der Waals surface area contributed by atoms with E-state index in [4.69, 9.17) is 5.73 Å². The number of carbonyl (C=O) groups excluding carboxylic acids is 1. The number of benzene rings is 1. The summed E-state index contributed by atoms with van der Waals surface area (Å²) in [5.74, 6) is -2.50. The summed E-state index contributed by atoms with van der Waals surface area (Å²) < 4.78 is 55.5. The minimum absolute atomic E-state index is 0.169. The molecule has 1 rings (SSSR count). The third kappa shape index (κ3) is 2.45. The van der Waals surface area contributed by atoms with E-state index in [0.717, 1.165) is 12.1 Å². The molecule has 0 heterocycles. The fourth-order valence-electron chi connectivity index (χ4n) is 1.24. The molecule has 1 atom stereocenters. The number of methoxy groups -OCH3 is 1. The number of hydrogen-bond donors (Lipinski definition) is 1. The van der Waals surface area contributed by atoms with Crippen LogP contribution < -0.4 is 10.5 Å². The summed E-state index contributed by atoms with van der Waals surface area (Å²) in [6, 6.07) is 2.76. The molecule has 0 aromatic heterocycles. The van der Waals surface area contributed by atoms with Crippen molar-refractivity contribution in [2.75, 3.05) is 7.11 Å². The van der Waals surface area contributed by atoms with Gasteiger partial charge in [0.1, 0.15) is 0 Å². The Labute approximate surface area is 101 Å². The fourth-order valence-corrected chi connectivity index (χ4v) is 1.24. The summed E-state index contributed by atoms with van der Waals surface area (Å²) in [6.07, 6.45) is -4.92. The second-order valence-corrected chi connectivity index (χ2v) is 3.88. The summed E-state index contributed by atoms with van der Waals surface area (Å²) in [5.41, 5.74) is 1.44. The highest BCUT2D eigenvalue weighted by Gasteiger charge is 2.53. The molecule has 0 bridgehead atoms. The van der Waals surface area contributed by atoms with Crippen molar-refractivity contribution in [3.8, 4) is 5.75 Å². The number of rotatable bonds is 3. The molecule has 0 aliphatic rings. The average Bonchev–Trinajstić information content (AvgIpc) is 2.26. The highest BCUT2D eigenvalue weighted by molar-refractivity contribution is 6.03. The molecule has 3 nitrogen and oxygen atoms in total. The van der Waals surface area contributed by atoms with Crippen LogP contribution in [0.1, 0.15) is 17.3 Å². The largest absolute Gasteiger partial charge is 0.494 e. The predicted octanol–water partition coefficient (Wildman–Crippen LogP) is 2.30. The molecule has 7 heteroatoms. The van der Waals surface area contributed by atoms with Gasteiger partial charge in [-0.05, 0) is 25.1 Å². The first-order valence-corrected chi connectivity index (χ1v) is 4.85. The van der Waals surface area contributed by atoms with Crippen LogP contribution >= 0.6 is 0 Å². The Bertz CT molecular complexity index is 469. The minimum atomic E-state index is -4.92. The van der Waals surface area contributed by atoms with Crippen LogP contribution in [0.4, 0.5) is 17.6 Å². The van der Waals surface area contributed by atoms with Gasteiger partial charge in [0, 0.05) is 5.56 Å². The van der Waals surface area contributed by atoms with Gasteiger partial charge in [-0.25, -0.2) is 4.39 Å². The second-order valence-electron chi connectivity index (χ2n) is 3.88. The molecule has 0 radical (unpaired) electrons. The number of alkyl halides is 3. The van der Waals surface area contributed by atoms with Gasteiger partial charge in [0.05, 0.1) is 7.11 Å². The first-order valence-electron chi connectivity index (χ1n) is 4.85. The zero-order valence-corrected chi connectivity index (χ0v) is 9.64. The van der Waals surface area contributed by atoms with Crippen molar-refractivity contribution in [1.82, 2.24) is 0 Å². The molecule has 18 heavy (non-hydrogen) atoms. The summed E-state index contributed by atoms with van der Waals surface area (Å²) in [5, 5.41) is 0. The van der Waals surface area contributed by atoms with E-state index in [-0.39, 0.29) is 5.75 Å². The van der Waals surface area contributed by atoms with E-state index < -0.39 is 28.9 Å². The smallest absolute Gasteiger partial charge is 0.413 e. The topological polar surface area (TPSA) is 52.3 Å². The number of ether oxygens (including phenoxy) is 1. The van der Waals surface area contributed by atoms with Crippen LogP contribution in [0.15, 0.2) is 18.2 Å². The summed E-state index contributed by atoms with van der Waals surface area (Å²) >= 11 is 0. The SMILES string of the molecule is COc1ccc(C(=O)C(C)(N)C(F)(F)F)cc1F. The number of carbonyl (C=O) groups is 1. The minimum Gasteiger partial charge on any atom is -0.494 e. The number of nitrogens with two attached hydrogens (primary N) is 1. The normalized spacial score (nSPS) is 15.1. The zero-order valence-electron chi connectivity index (χ0n) is 9.64. The van der Waals surface area contributed by atoms with Crippen molar-refractivity contribution < 1.29 is 27.1 Å². The van der Waals surface area contributed by atoms with Crippen LogP contribution in [-0.2, 0) is 0 Å². The standard InChI is InChI=1S/C11H11F4NO2/c1-10(16,11(13,14)15)9(17)6-3-4-8(18-2)7(12)5-6/h3-5H,16H2,1-2H3. The second kappa shape index (κ2) is 4.56. The third-order valence-electron chi connectivity index (χ3n) is 2.47. The van der Waals surface area contributed by atoms with Crippen molar-refractivity contribution in [2.45, 2.75) is 18.6 Å². The van der Waals surface area contributed by atoms with Gasteiger partial charge in [0.2, 0.25) is 0 Å². The van der Waals surface area contributed by atoms with Crippen LogP contribution in [0.5, 0.6) is 5.75 Å². The Balaban J connectivity index is 3.16. The van der Waals surface area contributed by atoms with Crippen molar-refractivity contribution in [3.63, 3.8) is 0 Å². The monoisotopic (exact) mass is 265 g/mol. The molecule has 0 aliphatic carbocycles. The molecule has 0 saturated carbocycles. The maximum absolute atomic E-state index is 13.3. The predicted molar refractivity (Wildman–Crippen MR) is 55.9 cm³/mol. The molecular weight excluding hydrogens is 254 g/mol. The van der Waals surface area contributed by atoms with Gasteiger partial charge in [-0.1, -0.05) is 0 Å². The highest BCUT2D eigenvalue weighted by atomic mass is 19.4. The number of ketones is 1. The van der Waals surface area contributed by atoms with Gasteiger partial charge in [0.25, 0.3) is 0 Å². The maximum Gasteiger partial charge on any atom is 0.413 e. The lowest BCUT2D eigenvalue weighted by Gasteiger charge is -2.26. The van der Waals surface area contributed by atoms with E-state index in [1.807, 2.05) is 0 Å². The van der Waals surface area contributed by atoms with Crippen LogP contribution in [0.2, 0.25) is 0 Å². The van der Waals surface area contributed by atoms with Crippen molar-refractivity contribution >= 4 is 5.78 Å². The van der Waals surface area contributed by atoms with E-state index in [0.29, 0.717) is 13.0 Å². The molecular formula is C11H11F4NO2. The summed E-state index contributed by atoms with van der Waals surface area (Å²) in [7, 11) is 1.20. The molecule has 2 N–H and O–H groups in total. The first-order chi connectivity index (χ1) is 8.11. The lowest BCUT2D eigenvalue weighted by Crippen LogP contribution is -2.57. The molecule has 0 fully saturated rings. The van der Waals surface area contributed by atoms with Gasteiger partial charge >= 0.3 is 6.18 Å². The third-order valence-corrected chi connectivity index (χ3v) is 2.47. The number of hydrogen-bond acceptors (Lipinski definition) is 3. The van der Waals surface area contributed by atoms with Gasteiger partial charge in [0.15, 0.2) is 22.9 Å². The van der Waals surface area contributed by atoms with E-state index in [1.165, 1.54) is 7.11 Å². The van der Waals surface area contributed by atoms with Crippen molar-refractivity contribution in [1.29, 1.82) is 0 Å². The van der Waals surface area contributed by atoms with Crippen molar-refractivity contribution in [2.24, 2.45) is 5.73 Å². The number of Topliss-reactive ketones (excluding diaryl/α,β-unsaturated/α-hetero) is 1. The van der Waals surface area contributed by atoms with Crippen LogP contribution in [0, 0.1) is 5.82 Å². The average molecular weight is 265 g/mol. The molecule has 1 unspecified atom stereocenters. The lowest BCUT2D eigenvalue weighted by atomic mass is 9.91. The first kappa shape index (κ1) is 14.4. The lowest BCUT2D eigenvalue weighted by molar-refractivity contribution is -0.165. The molecule has 100 valence electrons. The van der Waals surface area contributed by atoms with E-state index >= 15 is 0 Å². The van der Waals surface area contributed by atoms with Gasteiger partial charge in [-0.3, -0.25) is 4.79 Å². The molecule has 1 aromatic carbocycles. The number of halogens is 4. The molecule has 0 spiro atoms. The van der Waals surface area contributed by atoms with Crippen LogP contribution in [0.3, 0.4) is 0 Å². The summed E-state index contributed by atoms with van der Waals surface area (Å²) in [6.45, 7) is 0.539. The quantitative estimate of drug-likeness (QED) is 0.674. The summed E-state index contributed by atoms with van der Waals surface area (Å²) in [4.78, 5) is 11.6. The van der Waals surface area contributed by atoms with E-state index in [1.54, 1.807) is 0 Å². The van der Waals surface area contributed by atoms with Crippen LogP contribution in [0.25, 0.3) is 0 Å². The Morgan fingerprint density at radius 3 is 2.28 bits per heavy atom. The molecule has 0 saturated heterocycles. The van der Waals surface area contributed by atoms with E-state index in [9.17, 15) is 22.4 Å². The van der Waals surface area contributed by atoms with E-state index in [2.05, 4.69) is 4.74 Å². The molecule has 0 amide bonds. The Kier molecular flexibility index (Phi) is 3.66. The van der Waals surface area contributed by atoms with Gasteiger partial charge in [-0.2, -0.15) is 13.2 Å². The zero-order chi connectivity index (χ0) is 14.1.